The van der Waals surface area contributed by atoms with Crippen LogP contribution < -0.4 is 10.9 Å². The van der Waals surface area contributed by atoms with Gasteiger partial charge in [0.15, 0.2) is 0 Å². The highest BCUT2D eigenvalue weighted by molar-refractivity contribution is 5.94. The van der Waals surface area contributed by atoms with Crippen LogP contribution in [0.5, 0.6) is 0 Å². The van der Waals surface area contributed by atoms with Crippen molar-refractivity contribution in [3.8, 4) is 0 Å². The van der Waals surface area contributed by atoms with Crippen LogP contribution in [0.3, 0.4) is 0 Å². The summed E-state index contributed by atoms with van der Waals surface area (Å²) < 4.78 is 1.63. The summed E-state index contributed by atoms with van der Waals surface area (Å²) in [5, 5.41) is 2.80. The molecular formula is C17H20N2O2. The monoisotopic (exact) mass is 284 g/mol. The van der Waals surface area contributed by atoms with Gasteiger partial charge >= 0.3 is 0 Å². The first kappa shape index (κ1) is 15.0. The van der Waals surface area contributed by atoms with Crippen LogP contribution in [0.4, 0.5) is 0 Å². The van der Waals surface area contributed by atoms with Gasteiger partial charge in [-0.05, 0) is 38.0 Å². The predicted octanol–water partition coefficient (Wildman–Crippen LogP) is 2.42. The van der Waals surface area contributed by atoms with Gasteiger partial charge in [-0.3, -0.25) is 9.59 Å². The molecule has 4 heteroatoms. The van der Waals surface area contributed by atoms with Crippen molar-refractivity contribution in [3.05, 3.63) is 69.1 Å². The van der Waals surface area contributed by atoms with Gasteiger partial charge in [0.05, 0.1) is 0 Å². The first-order chi connectivity index (χ1) is 10.0. The van der Waals surface area contributed by atoms with Crippen LogP contribution in [0.25, 0.3) is 0 Å². The molecule has 0 radical (unpaired) electrons. The number of nitrogens with one attached hydrogen (secondary N) is 1. The van der Waals surface area contributed by atoms with E-state index < -0.39 is 0 Å². The average Bonchev–Trinajstić information content (AvgIpc) is 2.50. The zero-order valence-electron chi connectivity index (χ0n) is 12.6. The third-order valence-corrected chi connectivity index (χ3v) is 3.67. The average molecular weight is 284 g/mol. The van der Waals surface area contributed by atoms with E-state index in [2.05, 4.69) is 5.32 Å². The Kier molecular flexibility index (Phi) is 4.58. The van der Waals surface area contributed by atoms with Gasteiger partial charge in [-0.15, -0.1) is 0 Å². The van der Waals surface area contributed by atoms with Crippen LogP contribution in [0.15, 0.2) is 41.2 Å². The molecule has 4 nitrogen and oxygen atoms in total. The third kappa shape index (κ3) is 3.21. The van der Waals surface area contributed by atoms with Crippen LogP contribution in [0, 0.1) is 13.8 Å². The fourth-order valence-electron chi connectivity index (χ4n) is 2.31. The van der Waals surface area contributed by atoms with E-state index in [9.17, 15) is 9.59 Å². The van der Waals surface area contributed by atoms with E-state index in [1.807, 2.05) is 51.1 Å². The number of pyridine rings is 1. The topological polar surface area (TPSA) is 51.1 Å². The molecule has 0 bridgehead atoms. The second-order valence-electron chi connectivity index (χ2n) is 5.04. The van der Waals surface area contributed by atoms with Gasteiger partial charge in [0.2, 0.25) is 0 Å². The van der Waals surface area contributed by atoms with Crippen molar-refractivity contribution < 1.29 is 4.79 Å². The molecule has 0 aliphatic heterocycles. The highest BCUT2D eigenvalue weighted by Crippen LogP contribution is 2.07. The summed E-state index contributed by atoms with van der Waals surface area (Å²) in [6.45, 7) is 6.68. The number of hydrogen-bond acceptors (Lipinski definition) is 2. The minimum atomic E-state index is -0.325. The largest absolute Gasteiger partial charge is 0.348 e. The highest BCUT2D eigenvalue weighted by Gasteiger charge is 2.14. The molecule has 1 heterocycles. The second-order valence-corrected chi connectivity index (χ2v) is 5.04. The molecule has 1 aromatic heterocycles. The number of carbonyl (C=O) groups excluding carboxylic acids is 1. The van der Waals surface area contributed by atoms with Crippen LogP contribution in [-0.4, -0.2) is 10.5 Å². The van der Waals surface area contributed by atoms with E-state index in [1.54, 1.807) is 10.6 Å². The van der Waals surface area contributed by atoms with Crippen molar-refractivity contribution in [3.63, 3.8) is 0 Å². The predicted molar refractivity (Wildman–Crippen MR) is 83.5 cm³/mol. The number of hydrogen-bond donors (Lipinski definition) is 1. The van der Waals surface area contributed by atoms with E-state index in [4.69, 9.17) is 0 Å². The smallest absolute Gasteiger partial charge is 0.263 e. The van der Waals surface area contributed by atoms with E-state index in [0.29, 0.717) is 13.1 Å². The van der Waals surface area contributed by atoms with Gasteiger partial charge in [-0.1, -0.05) is 30.3 Å². The maximum Gasteiger partial charge on any atom is 0.263 e. The molecule has 2 aromatic rings. The van der Waals surface area contributed by atoms with Crippen molar-refractivity contribution >= 4 is 5.91 Å². The summed E-state index contributed by atoms with van der Waals surface area (Å²) in [6.07, 6.45) is 0. The summed E-state index contributed by atoms with van der Waals surface area (Å²) in [7, 11) is 0. The van der Waals surface area contributed by atoms with E-state index in [0.717, 1.165) is 16.8 Å². The Morgan fingerprint density at radius 2 is 1.86 bits per heavy atom. The summed E-state index contributed by atoms with van der Waals surface area (Å²) in [6, 6.07) is 11.3. The Balaban J connectivity index is 2.24. The number of rotatable bonds is 4. The number of carbonyl (C=O) groups is 1. The van der Waals surface area contributed by atoms with Gasteiger partial charge < -0.3 is 9.88 Å². The van der Waals surface area contributed by atoms with Gasteiger partial charge in [-0.2, -0.15) is 0 Å². The maximum absolute atomic E-state index is 12.3. The number of aromatic nitrogens is 1. The van der Waals surface area contributed by atoms with Crippen molar-refractivity contribution in [2.24, 2.45) is 0 Å². The van der Waals surface area contributed by atoms with E-state index in [-0.39, 0.29) is 17.0 Å². The fourth-order valence-corrected chi connectivity index (χ4v) is 2.31. The quantitative estimate of drug-likeness (QED) is 0.937. The minimum absolute atomic E-state index is 0.205. The van der Waals surface area contributed by atoms with Crippen LogP contribution in [0.1, 0.15) is 34.1 Å². The van der Waals surface area contributed by atoms with Crippen molar-refractivity contribution in [1.29, 1.82) is 0 Å². The van der Waals surface area contributed by atoms with Gasteiger partial charge in [0.1, 0.15) is 5.56 Å². The Bertz CT molecular complexity index is 703. The SMILES string of the molecule is CCn1c(C)c(C)cc(C(=O)NCc2ccccc2)c1=O. The molecule has 0 spiro atoms. The molecule has 2 rings (SSSR count). The molecule has 0 atom stereocenters. The lowest BCUT2D eigenvalue weighted by Gasteiger charge is -2.13. The Morgan fingerprint density at radius 1 is 1.19 bits per heavy atom. The third-order valence-electron chi connectivity index (χ3n) is 3.67. The first-order valence-corrected chi connectivity index (χ1v) is 7.07. The number of aryl methyl sites for hydroxylation is 1. The van der Waals surface area contributed by atoms with Gasteiger partial charge in [0, 0.05) is 18.8 Å². The lowest BCUT2D eigenvalue weighted by atomic mass is 10.1. The van der Waals surface area contributed by atoms with Crippen molar-refractivity contribution in [1.82, 2.24) is 9.88 Å². The zero-order valence-corrected chi connectivity index (χ0v) is 12.6. The Labute approximate surface area is 124 Å². The summed E-state index contributed by atoms with van der Waals surface area (Å²) in [4.78, 5) is 24.6. The molecule has 1 N–H and O–H groups in total. The van der Waals surface area contributed by atoms with Crippen molar-refractivity contribution in [2.75, 3.05) is 0 Å². The number of nitrogens with zero attached hydrogens (tertiary/aromatic N) is 1. The highest BCUT2D eigenvalue weighted by atomic mass is 16.2. The molecule has 0 aliphatic carbocycles. The lowest BCUT2D eigenvalue weighted by molar-refractivity contribution is 0.0948. The molecule has 1 amide bonds. The second kappa shape index (κ2) is 6.39. The zero-order chi connectivity index (χ0) is 15.4. The standard InChI is InChI=1S/C17H20N2O2/c1-4-19-13(3)12(2)10-15(17(19)21)16(20)18-11-14-8-6-5-7-9-14/h5-10H,4,11H2,1-3H3,(H,18,20). The van der Waals surface area contributed by atoms with Crippen LogP contribution >= 0.6 is 0 Å². The number of benzene rings is 1. The van der Waals surface area contributed by atoms with Crippen LogP contribution in [0.2, 0.25) is 0 Å². The minimum Gasteiger partial charge on any atom is -0.348 e. The Morgan fingerprint density at radius 3 is 2.48 bits per heavy atom. The molecule has 110 valence electrons. The molecule has 0 saturated carbocycles. The normalized spacial score (nSPS) is 10.4. The lowest BCUT2D eigenvalue weighted by Crippen LogP contribution is -2.34. The molecule has 0 aliphatic rings. The number of amides is 1. The molecule has 0 saturated heterocycles. The van der Waals surface area contributed by atoms with E-state index in [1.165, 1.54) is 0 Å². The fraction of sp³-hybridized carbons (Fsp3) is 0.294. The molecule has 1 aromatic carbocycles. The summed E-state index contributed by atoms with van der Waals surface area (Å²) >= 11 is 0. The van der Waals surface area contributed by atoms with Gasteiger partial charge in [-0.25, -0.2) is 0 Å². The molecule has 21 heavy (non-hydrogen) atoms. The molecule has 0 fully saturated rings. The van der Waals surface area contributed by atoms with Crippen molar-refractivity contribution in [2.45, 2.75) is 33.9 Å². The van der Waals surface area contributed by atoms with Crippen LogP contribution in [-0.2, 0) is 13.1 Å². The molecular weight excluding hydrogens is 264 g/mol. The molecule has 0 unspecified atom stereocenters. The maximum atomic E-state index is 12.3. The summed E-state index contributed by atoms with van der Waals surface area (Å²) in [5.74, 6) is -0.325. The summed E-state index contributed by atoms with van der Waals surface area (Å²) in [5.41, 5.74) is 2.83. The first-order valence-electron chi connectivity index (χ1n) is 7.07. The Hall–Kier alpha value is -2.36. The van der Waals surface area contributed by atoms with Gasteiger partial charge in [0.25, 0.3) is 11.5 Å². The van der Waals surface area contributed by atoms with E-state index >= 15 is 0 Å².